The minimum atomic E-state index is -0.508. The van der Waals surface area contributed by atoms with Crippen LogP contribution in [0.2, 0.25) is 0 Å². The average Bonchev–Trinajstić information content (AvgIpc) is 2.56. The van der Waals surface area contributed by atoms with Crippen LogP contribution in [0.3, 0.4) is 0 Å². The average molecular weight is 478 g/mol. The van der Waals surface area contributed by atoms with Crippen molar-refractivity contribution in [3.8, 4) is 0 Å². The van der Waals surface area contributed by atoms with Gasteiger partial charge in [-0.3, -0.25) is 4.99 Å². The Bertz CT molecular complexity index is 547. The van der Waals surface area contributed by atoms with Crippen LogP contribution in [-0.2, 0) is 4.74 Å². The SMILES string of the molecule is CN=C(NCCNC(=O)OC(C)(C)C)NCC(CO)c1ccccc1.I. The van der Waals surface area contributed by atoms with Gasteiger partial charge < -0.3 is 25.8 Å². The number of alkyl carbamates (subject to hydrolysis) is 1. The lowest BCUT2D eigenvalue weighted by Crippen LogP contribution is -2.43. The second-order valence-corrected chi connectivity index (χ2v) is 6.60. The van der Waals surface area contributed by atoms with E-state index < -0.39 is 11.7 Å². The van der Waals surface area contributed by atoms with E-state index in [0.29, 0.717) is 25.6 Å². The van der Waals surface area contributed by atoms with E-state index in [1.807, 2.05) is 51.1 Å². The maximum absolute atomic E-state index is 11.5. The van der Waals surface area contributed by atoms with E-state index in [0.717, 1.165) is 5.56 Å². The Hall–Kier alpha value is -1.55. The van der Waals surface area contributed by atoms with Crippen LogP contribution < -0.4 is 16.0 Å². The zero-order chi connectivity index (χ0) is 18.7. The first-order valence-electron chi connectivity index (χ1n) is 8.43. The summed E-state index contributed by atoms with van der Waals surface area (Å²) in [5, 5.41) is 18.5. The molecule has 0 aliphatic rings. The number of benzene rings is 1. The van der Waals surface area contributed by atoms with Crippen LogP contribution in [0.4, 0.5) is 4.79 Å². The lowest BCUT2D eigenvalue weighted by Gasteiger charge is -2.20. The van der Waals surface area contributed by atoms with Gasteiger partial charge in [-0.2, -0.15) is 0 Å². The molecule has 0 spiro atoms. The Morgan fingerprint density at radius 3 is 2.31 bits per heavy atom. The van der Waals surface area contributed by atoms with E-state index in [4.69, 9.17) is 4.74 Å². The Kier molecular flexibility index (Phi) is 12.0. The minimum absolute atomic E-state index is 0. The van der Waals surface area contributed by atoms with Crippen LogP contribution in [0.1, 0.15) is 32.3 Å². The number of aliphatic hydroxyl groups is 1. The molecule has 1 atom stereocenters. The summed E-state index contributed by atoms with van der Waals surface area (Å²) in [6, 6.07) is 9.83. The number of amides is 1. The fraction of sp³-hybridized carbons (Fsp3) is 0.556. The Balaban J connectivity index is 0.00000625. The lowest BCUT2D eigenvalue weighted by atomic mass is 10.0. The highest BCUT2D eigenvalue weighted by molar-refractivity contribution is 14.0. The highest BCUT2D eigenvalue weighted by Crippen LogP contribution is 2.13. The molecule has 1 amide bonds. The van der Waals surface area contributed by atoms with E-state index >= 15 is 0 Å². The molecule has 0 bridgehead atoms. The van der Waals surface area contributed by atoms with Crippen LogP contribution in [-0.4, -0.2) is 56.0 Å². The highest BCUT2D eigenvalue weighted by atomic mass is 127. The largest absolute Gasteiger partial charge is 0.444 e. The molecule has 0 saturated carbocycles. The van der Waals surface area contributed by atoms with Crippen molar-refractivity contribution in [2.75, 3.05) is 33.3 Å². The van der Waals surface area contributed by atoms with Gasteiger partial charge in [0.2, 0.25) is 0 Å². The summed E-state index contributed by atoms with van der Waals surface area (Å²) in [7, 11) is 1.67. The third-order valence-corrected chi connectivity index (χ3v) is 3.32. The number of hydrogen-bond acceptors (Lipinski definition) is 4. The van der Waals surface area contributed by atoms with Crippen molar-refractivity contribution in [3.63, 3.8) is 0 Å². The molecule has 148 valence electrons. The van der Waals surface area contributed by atoms with Crippen LogP contribution in [0.25, 0.3) is 0 Å². The molecular formula is C18H31IN4O3. The van der Waals surface area contributed by atoms with Crippen molar-refractivity contribution in [1.82, 2.24) is 16.0 Å². The van der Waals surface area contributed by atoms with Gasteiger partial charge in [-0.25, -0.2) is 4.79 Å². The molecule has 1 aromatic carbocycles. The van der Waals surface area contributed by atoms with E-state index in [9.17, 15) is 9.90 Å². The molecule has 4 N–H and O–H groups in total. The topological polar surface area (TPSA) is 95.0 Å². The fourth-order valence-corrected chi connectivity index (χ4v) is 2.11. The Labute approximate surface area is 173 Å². The van der Waals surface area contributed by atoms with Gasteiger partial charge in [-0.1, -0.05) is 30.3 Å². The second-order valence-electron chi connectivity index (χ2n) is 6.60. The zero-order valence-corrected chi connectivity index (χ0v) is 18.2. The zero-order valence-electron chi connectivity index (χ0n) is 15.9. The summed E-state index contributed by atoms with van der Waals surface area (Å²) in [5.74, 6) is 0.597. The number of guanidine groups is 1. The van der Waals surface area contributed by atoms with Crippen LogP contribution >= 0.6 is 24.0 Å². The van der Waals surface area contributed by atoms with Gasteiger partial charge in [0.25, 0.3) is 0 Å². The summed E-state index contributed by atoms with van der Waals surface area (Å²) in [5.41, 5.74) is 0.561. The number of halogens is 1. The molecule has 0 saturated heterocycles. The maximum Gasteiger partial charge on any atom is 0.407 e. The molecule has 0 radical (unpaired) electrons. The van der Waals surface area contributed by atoms with Gasteiger partial charge in [0.1, 0.15) is 5.60 Å². The molecule has 0 aromatic heterocycles. The van der Waals surface area contributed by atoms with E-state index in [2.05, 4.69) is 20.9 Å². The summed E-state index contributed by atoms with van der Waals surface area (Å²) in [6.45, 7) is 6.99. The summed E-state index contributed by atoms with van der Waals surface area (Å²) >= 11 is 0. The highest BCUT2D eigenvalue weighted by Gasteiger charge is 2.15. The van der Waals surface area contributed by atoms with Crippen molar-refractivity contribution >= 4 is 36.0 Å². The number of nitrogens with one attached hydrogen (secondary N) is 3. The first-order valence-corrected chi connectivity index (χ1v) is 8.43. The monoisotopic (exact) mass is 478 g/mol. The van der Waals surface area contributed by atoms with E-state index in [-0.39, 0.29) is 36.5 Å². The quantitative estimate of drug-likeness (QED) is 0.208. The predicted molar refractivity (Wildman–Crippen MR) is 115 cm³/mol. The van der Waals surface area contributed by atoms with Crippen molar-refractivity contribution < 1.29 is 14.6 Å². The Morgan fingerprint density at radius 1 is 1.15 bits per heavy atom. The maximum atomic E-state index is 11.5. The minimum Gasteiger partial charge on any atom is -0.444 e. The number of ether oxygens (including phenoxy) is 1. The van der Waals surface area contributed by atoms with Gasteiger partial charge in [0, 0.05) is 32.6 Å². The molecule has 0 heterocycles. The number of hydrogen-bond donors (Lipinski definition) is 4. The first kappa shape index (κ1) is 24.5. The molecule has 8 heteroatoms. The molecule has 1 rings (SSSR count). The van der Waals surface area contributed by atoms with E-state index in [1.54, 1.807) is 7.05 Å². The van der Waals surface area contributed by atoms with Gasteiger partial charge in [0.15, 0.2) is 5.96 Å². The fourth-order valence-electron chi connectivity index (χ4n) is 2.11. The van der Waals surface area contributed by atoms with Crippen molar-refractivity contribution in [2.45, 2.75) is 32.3 Å². The van der Waals surface area contributed by atoms with Crippen molar-refractivity contribution in [1.29, 1.82) is 0 Å². The standard InChI is InChI=1S/C18H30N4O3.HI/c1-18(2,3)25-17(24)21-11-10-20-16(19-4)22-12-15(13-23)14-8-6-5-7-9-14;/h5-9,15,23H,10-13H2,1-4H3,(H,21,24)(H2,19,20,22);1H. The predicted octanol–water partition coefficient (Wildman–Crippen LogP) is 2.07. The summed E-state index contributed by atoms with van der Waals surface area (Å²) in [6.07, 6.45) is -0.443. The van der Waals surface area contributed by atoms with Gasteiger partial charge in [-0.15, -0.1) is 24.0 Å². The molecule has 0 aliphatic carbocycles. The molecule has 0 fully saturated rings. The molecular weight excluding hydrogens is 447 g/mol. The van der Waals surface area contributed by atoms with Gasteiger partial charge in [0.05, 0.1) is 6.61 Å². The lowest BCUT2D eigenvalue weighted by molar-refractivity contribution is 0.0529. The van der Waals surface area contributed by atoms with Crippen molar-refractivity contribution in [2.24, 2.45) is 4.99 Å². The molecule has 1 unspecified atom stereocenters. The smallest absolute Gasteiger partial charge is 0.407 e. The van der Waals surface area contributed by atoms with Gasteiger partial charge >= 0.3 is 6.09 Å². The Morgan fingerprint density at radius 2 is 1.77 bits per heavy atom. The third kappa shape index (κ3) is 10.4. The third-order valence-electron chi connectivity index (χ3n) is 3.32. The molecule has 7 nitrogen and oxygen atoms in total. The number of nitrogens with zero attached hydrogens (tertiary/aromatic N) is 1. The number of aliphatic imine (C=N–C) groups is 1. The summed E-state index contributed by atoms with van der Waals surface area (Å²) < 4.78 is 5.16. The number of carbonyl (C=O) groups excluding carboxylic acids is 1. The van der Waals surface area contributed by atoms with E-state index in [1.165, 1.54) is 0 Å². The second kappa shape index (κ2) is 12.7. The number of rotatable bonds is 7. The number of carbonyl (C=O) groups is 1. The number of aliphatic hydroxyl groups excluding tert-OH is 1. The normalized spacial score (nSPS) is 12.6. The molecule has 0 aliphatic heterocycles. The van der Waals surface area contributed by atoms with Crippen LogP contribution in [0.5, 0.6) is 0 Å². The molecule has 26 heavy (non-hydrogen) atoms. The molecule has 1 aromatic rings. The van der Waals surface area contributed by atoms with Crippen molar-refractivity contribution in [3.05, 3.63) is 35.9 Å². The van der Waals surface area contributed by atoms with Crippen LogP contribution in [0, 0.1) is 0 Å². The van der Waals surface area contributed by atoms with Gasteiger partial charge in [-0.05, 0) is 26.3 Å². The summed E-state index contributed by atoms with van der Waals surface area (Å²) in [4.78, 5) is 15.7. The van der Waals surface area contributed by atoms with Crippen LogP contribution in [0.15, 0.2) is 35.3 Å². The first-order chi connectivity index (χ1) is 11.9.